The van der Waals surface area contributed by atoms with Gasteiger partial charge in [0.25, 0.3) is 0 Å². The Morgan fingerprint density at radius 3 is 2.09 bits per heavy atom. The minimum Gasteiger partial charge on any atom is -0.359 e. The van der Waals surface area contributed by atoms with Gasteiger partial charge < -0.3 is 4.90 Å². The number of nitrogens with one attached hydrogen (secondary N) is 1. The normalized spacial score (nSPS) is 11.4. The van der Waals surface area contributed by atoms with Crippen LogP contribution in [-0.4, -0.2) is 23.3 Å². The monoisotopic (exact) mass is 156 g/mol. The summed E-state index contributed by atoms with van der Waals surface area (Å²) in [5.41, 5.74) is 0.132. The molecule has 0 rings (SSSR count). The summed E-state index contributed by atoms with van der Waals surface area (Å²) in [4.78, 5) is 2.05. The molecule has 11 heavy (non-hydrogen) atoms. The molecule has 0 aliphatic carbocycles. The quantitative estimate of drug-likeness (QED) is 0.493. The summed E-state index contributed by atoms with van der Waals surface area (Å²) in [6, 6.07) is 0. The molecule has 1 N–H and O–H groups in total. The summed E-state index contributed by atoms with van der Waals surface area (Å²) in [5, 5.41) is 7.63. The molecule has 0 saturated heterocycles. The van der Waals surface area contributed by atoms with Gasteiger partial charge in [0.1, 0.15) is 0 Å². The maximum atomic E-state index is 7.63. The largest absolute Gasteiger partial charge is 0.359 e. The predicted molar refractivity (Wildman–Crippen MR) is 50.2 cm³/mol. The Morgan fingerprint density at radius 2 is 1.82 bits per heavy atom. The van der Waals surface area contributed by atoms with Crippen molar-refractivity contribution in [2.75, 3.05) is 7.05 Å². The highest BCUT2D eigenvalue weighted by molar-refractivity contribution is 5.79. The molecule has 0 fully saturated rings. The Morgan fingerprint density at radius 1 is 1.36 bits per heavy atom. The van der Waals surface area contributed by atoms with Gasteiger partial charge in [0.2, 0.25) is 0 Å². The second kappa shape index (κ2) is 3.74. The highest BCUT2D eigenvalue weighted by Gasteiger charge is 2.21. The lowest BCUT2D eigenvalue weighted by molar-refractivity contribution is 0.241. The molecule has 0 radical (unpaired) electrons. The number of hydrogen-bond donors (Lipinski definition) is 1. The predicted octanol–water partition coefficient (Wildman–Crippen LogP) is 2.49. The van der Waals surface area contributed by atoms with Crippen LogP contribution in [0.4, 0.5) is 0 Å². The van der Waals surface area contributed by atoms with Crippen LogP contribution in [0, 0.1) is 5.41 Å². The van der Waals surface area contributed by atoms with Crippen LogP contribution >= 0.6 is 0 Å². The Bertz CT molecular complexity index is 138. The van der Waals surface area contributed by atoms with Gasteiger partial charge in [-0.2, -0.15) is 0 Å². The molecule has 0 aromatic heterocycles. The minimum absolute atomic E-state index is 0.132. The third kappa shape index (κ3) is 2.52. The summed E-state index contributed by atoms with van der Waals surface area (Å²) in [6.45, 7) is 8.50. The minimum atomic E-state index is 0.132. The molecule has 0 amide bonds. The van der Waals surface area contributed by atoms with Crippen molar-refractivity contribution in [2.45, 2.75) is 46.1 Å². The van der Waals surface area contributed by atoms with E-state index in [1.807, 2.05) is 18.9 Å². The molecule has 0 unspecified atom stereocenters. The molecule has 0 aromatic rings. The second-order valence-electron chi connectivity index (χ2n) is 3.53. The van der Waals surface area contributed by atoms with Crippen LogP contribution in [0.3, 0.4) is 0 Å². The Balaban J connectivity index is 4.22. The number of amidine groups is 1. The zero-order chi connectivity index (χ0) is 9.07. The van der Waals surface area contributed by atoms with E-state index in [1.165, 1.54) is 0 Å². The van der Waals surface area contributed by atoms with Crippen LogP contribution in [-0.2, 0) is 0 Å². The number of nitrogens with zero attached hydrogens (tertiary/aromatic N) is 1. The number of rotatable bonds is 3. The summed E-state index contributed by atoms with van der Waals surface area (Å²) in [6.07, 6.45) is 1.89. The van der Waals surface area contributed by atoms with Gasteiger partial charge in [0.15, 0.2) is 0 Å². The molecule has 0 atom stereocenters. The lowest BCUT2D eigenvalue weighted by Gasteiger charge is -2.36. The van der Waals surface area contributed by atoms with Crippen LogP contribution in [0.25, 0.3) is 0 Å². The molecule has 0 aromatic carbocycles. The smallest absolute Gasteiger partial charge is 0.0956 e. The van der Waals surface area contributed by atoms with Crippen molar-refractivity contribution >= 4 is 5.84 Å². The topological polar surface area (TPSA) is 27.1 Å². The molecule has 0 aliphatic rings. The van der Waals surface area contributed by atoms with Gasteiger partial charge in [0, 0.05) is 19.0 Å². The van der Waals surface area contributed by atoms with Crippen LogP contribution in [0.5, 0.6) is 0 Å². The van der Waals surface area contributed by atoms with Gasteiger partial charge in [-0.25, -0.2) is 0 Å². The van der Waals surface area contributed by atoms with E-state index in [9.17, 15) is 0 Å². The first-order valence-corrected chi connectivity index (χ1v) is 4.27. The van der Waals surface area contributed by atoms with E-state index >= 15 is 0 Å². The highest BCUT2D eigenvalue weighted by atomic mass is 15.2. The van der Waals surface area contributed by atoms with E-state index in [1.54, 1.807) is 0 Å². The standard InChI is InChI=1S/C9H20N2/c1-6-8(10)11(5)9(3,4)7-2/h10H,6-7H2,1-5H3. The third-order valence-electron chi connectivity index (χ3n) is 2.51. The molecular formula is C9H20N2. The average Bonchev–Trinajstić information content (AvgIpc) is 2.01. The van der Waals surface area contributed by atoms with E-state index < -0.39 is 0 Å². The highest BCUT2D eigenvalue weighted by Crippen LogP contribution is 2.16. The Hall–Kier alpha value is -0.530. The van der Waals surface area contributed by atoms with Crippen molar-refractivity contribution in [3.8, 4) is 0 Å². The summed E-state index contributed by atoms with van der Waals surface area (Å²) < 4.78 is 0. The lowest BCUT2D eigenvalue weighted by Crippen LogP contribution is -2.43. The van der Waals surface area contributed by atoms with E-state index in [-0.39, 0.29) is 5.54 Å². The van der Waals surface area contributed by atoms with E-state index in [2.05, 4.69) is 20.8 Å². The first kappa shape index (κ1) is 10.5. The maximum absolute atomic E-state index is 7.63. The zero-order valence-corrected chi connectivity index (χ0v) is 8.36. The van der Waals surface area contributed by atoms with Crippen molar-refractivity contribution in [1.29, 1.82) is 5.41 Å². The van der Waals surface area contributed by atoms with Crippen molar-refractivity contribution in [3.05, 3.63) is 0 Å². The second-order valence-corrected chi connectivity index (χ2v) is 3.53. The molecule has 0 bridgehead atoms. The van der Waals surface area contributed by atoms with Crippen LogP contribution in [0.2, 0.25) is 0 Å². The van der Waals surface area contributed by atoms with E-state index in [4.69, 9.17) is 5.41 Å². The molecule has 66 valence electrons. The molecule has 2 heteroatoms. The van der Waals surface area contributed by atoms with Gasteiger partial charge in [-0.3, -0.25) is 5.41 Å². The van der Waals surface area contributed by atoms with Crippen molar-refractivity contribution in [3.63, 3.8) is 0 Å². The fourth-order valence-electron chi connectivity index (χ4n) is 0.840. The van der Waals surface area contributed by atoms with Gasteiger partial charge in [0.05, 0.1) is 5.84 Å². The summed E-state index contributed by atoms with van der Waals surface area (Å²) in [5.74, 6) is 0.719. The van der Waals surface area contributed by atoms with E-state index in [0.717, 1.165) is 18.7 Å². The average molecular weight is 156 g/mol. The van der Waals surface area contributed by atoms with Gasteiger partial charge in [-0.15, -0.1) is 0 Å². The van der Waals surface area contributed by atoms with Gasteiger partial charge in [-0.05, 0) is 20.3 Å². The van der Waals surface area contributed by atoms with Gasteiger partial charge in [-0.1, -0.05) is 13.8 Å². The first-order chi connectivity index (χ1) is 4.95. The Labute approximate surface area is 70.1 Å². The first-order valence-electron chi connectivity index (χ1n) is 4.27. The molecule has 0 saturated carbocycles. The maximum Gasteiger partial charge on any atom is 0.0956 e. The molecule has 0 spiro atoms. The van der Waals surface area contributed by atoms with Crippen molar-refractivity contribution in [1.82, 2.24) is 4.90 Å². The Kier molecular flexibility index (Phi) is 3.56. The van der Waals surface area contributed by atoms with Crippen molar-refractivity contribution < 1.29 is 0 Å². The van der Waals surface area contributed by atoms with Gasteiger partial charge >= 0.3 is 0 Å². The number of hydrogen-bond acceptors (Lipinski definition) is 1. The van der Waals surface area contributed by atoms with Crippen LogP contribution in [0.1, 0.15) is 40.5 Å². The fraction of sp³-hybridized carbons (Fsp3) is 0.889. The molecule has 0 aliphatic heterocycles. The van der Waals surface area contributed by atoms with Crippen LogP contribution in [0.15, 0.2) is 0 Å². The molecule has 2 nitrogen and oxygen atoms in total. The van der Waals surface area contributed by atoms with Crippen molar-refractivity contribution in [2.24, 2.45) is 0 Å². The summed E-state index contributed by atoms with van der Waals surface area (Å²) in [7, 11) is 2.00. The zero-order valence-electron chi connectivity index (χ0n) is 8.36. The molecule has 0 heterocycles. The lowest BCUT2D eigenvalue weighted by atomic mass is 9.99. The molecular weight excluding hydrogens is 136 g/mol. The third-order valence-corrected chi connectivity index (χ3v) is 2.51. The van der Waals surface area contributed by atoms with E-state index in [0.29, 0.717) is 0 Å². The van der Waals surface area contributed by atoms with Crippen LogP contribution < -0.4 is 0 Å². The summed E-state index contributed by atoms with van der Waals surface area (Å²) >= 11 is 0. The fourth-order valence-corrected chi connectivity index (χ4v) is 0.840. The SMILES string of the molecule is CCC(=N)N(C)C(C)(C)CC.